The fraction of sp³-hybridized carbons (Fsp3) is 0. The van der Waals surface area contributed by atoms with Crippen molar-refractivity contribution >= 4 is 17.5 Å². The second kappa shape index (κ2) is 4.59. The molecule has 7 heteroatoms. The van der Waals surface area contributed by atoms with E-state index in [0.717, 1.165) is 0 Å². The summed E-state index contributed by atoms with van der Waals surface area (Å²) in [6, 6.07) is 13.7. The van der Waals surface area contributed by atoms with E-state index in [-0.39, 0.29) is 11.8 Å². The highest BCUT2D eigenvalue weighted by molar-refractivity contribution is 6.34. The van der Waals surface area contributed by atoms with Gasteiger partial charge in [0.1, 0.15) is 6.33 Å². The molecule has 0 N–H and O–H groups in total. The fourth-order valence-electron chi connectivity index (χ4n) is 2.48. The van der Waals surface area contributed by atoms with Crippen LogP contribution in [0.3, 0.4) is 0 Å². The van der Waals surface area contributed by atoms with Crippen molar-refractivity contribution in [2.45, 2.75) is 0 Å². The van der Waals surface area contributed by atoms with Crippen LogP contribution in [0, 0.1) is 0 Å². The molecule has 2 aromatic carbocycles. The number of tetrazole rings is 1. The first kappa shape index (κ1) is 12.4. The van der Waals surface area contributed by atoms with Gasteiger partial charge in [-0.25, -0.2) is 9.58 Å². The highest BCUT2D eigenvalue weighted by atomic mass is 16.2. The van der Waals surface area contributed by atoms with Crippen LogP contribution < -0.4 is 4.90 Å². The maximum Gasteiger partial charge on any atom is 0.266 e. The minimum atomic E-state index is -0.325. The fourth-order valence-corrected chi connectivity index (χ4v) is 2.48. The summed E-state index contributed by atoms with van der Waals surface area (Å²) in [5, 5.41) is 10.9. The van der Waals surface area contributed by atoms with Crippen molar-refractivity contribution in [1.82, 2.24) is 20.2 Å². The van der Waals surface area contributed by atoms with Crippen molar-refractivity contribution in [3.05, 3.63) is 66.0 Å². The zero-order valence-electron chi connectivity index (χ0n) is 11.2. The van der Waals surface area contributed by atoms with Crippen LogP contribution in [0.1, 0.15) is 20.7 Å². The molecular weight excluding hydrogens is 282 g/mol. The van der Waals surface area contributed by atoms with Crippen molar-refractivity contribution in [2.24, 2.45) is 0 Å². The van der Waals surface area contributed by atoms with Gasteiger partial charge in [0.15, 0.2) is 0 Å². The molecule has 0 saturated carbocycles. The van der Waals surface area contributed by atoms with Crippen LogP contribution in [0.15, 0.2) is 54.9 Å². The summed E-state index contributed by atoms with van der Waals surface area (Å²) >= 11 is 0. The Morgan fingerprint density at radius 3 is 2.14 bits per heavy atom. The van der Waals surface area contributed by atoms with Crippen molar-refractivity contribution < 1.29 is 9.59 Å². The van der Waals surface area contributed by atoms with Crippen molar-refractivity contribution in [3.8, 4) is 5.69 Å². The third kappa shape index (κ3) is 1.72. The van der Waals surface area contributed by atoms with Crippen LogP contribution in [-0.4, -0.2) is 32.0 Å². The molecule has 22 heavy (non-hydrogen) atoms. The van der Waals surface area contributed by atoms with Crippen LogP contribution >= 0.6 is 0 Å². The quantitative estimate of drug-likeness (QED) is 0.668. The normalized spacial score (nSPS) is 13.5. The monoisotopic (exact) mass is 291 g/mol. The lowest BCUT2D eigenvalue weighted by Gasteiger charge is -2.14. The van der Waals surface area contributed by atoms with Gasteiger partial charge < -0.3 is 0 Å². The molecule has 0 atom stereocenters. The van der Waals surface area contributed by atoms with E-state index < -0.39 is 0 Å². The molecule has 106 valence electrons. The topological polar surface area (TPSA) is 81.0 Å². The van der Waals surface area contributed by atoms with E-state index in [1.165, 1.54) is 15.9 Å². The number of carbonyl (C=O) groups is 2. The molecular formula is C15H9N5O2. The van der Waals surface area contributed by atoms with Gasteiger partial charge in [0.05, 0.1) is 22.5 Å². The molecule has 0 bridgehead atoms. The zero-order chi connectivity index (χ0) is 15.1. The molecule has 1 aliphatic heterocycles. The molecule has 0 aliphatic carbocycles. The Morgan fingerprint density at radius 1 is 0.818 bits per heavy atom. The number of imide groups is 1. The molecule has 2 heterocycles. The van der Waals surface area contributed by atoms with Crippen LogP contribution in [0.5, 0.6) is 0 Å². The average Bonchev–Trinajstić information content (AvgIpc) is 3.17. The van der Waals surface area contributed by atoms with Gasteiger partial charge in [0.25, 0.3) is 11.8 Å². The Labute approximate surface area is 124 Å². The van der Waals surface area contributed by atoms with Gasteiger partial charge in [0, 0.05) is 0 Å². The first-order chi connectivity index (χ1) is 10.8. The van der Waals surface area contributed by atoms with Crippen LogP contribution in [-0.2, 0) is 0 Å². The first-order valence-electron chi connectivity index (χ1n) is 6.57. The predicted octanol–water partition coefficient (Wildman–Crippen LogP) is 1.46. The highest BCUT2D eigenvalue weighted by Crippen LogP contribution is 2.29. The molecule has 1 aromatic heterocycles. The Morgan fingerprint density at radius 2 is 1.50 bits per heavy atom. The minimum Gasteiger partial charge on any atom is -0.268 e. The standard InChI is InChI=1S/C15H9N5O2/c21-14-12-6-1-2-7-13(12)15(22)20(14)11-5-3-4-10(8-11)19-9-16-17-18-19/h1-9H. The molecule has 4 rings (SSSR count). The van der Waals surface area contributed by atoms with Gasteiger partial charge >= 0.3 is 0 Å². The van der Waals surface area contributed by atoms with Crippen LogP contribution in [0.2, 0.25) is 0 Å². The SMILES string of the molecule is O=C1c2ccccc2C(=O)N1c1cccc(-n2cnnn2)c1. The van der Waals surface area contributed by atoms with Gasteiger partial charge in [-0.1, -0.05) is 18.2 Å². The Bertz CT molecular complexity index is 853. The lowest BCUT2D eigenvalue weighted by atomic mass is 10.1. The number of rotatable bonds is 2. The second-order valence-corrected chi connectivity index (χ2v) is 4.77. The summed E-state index contributed by atoms with van der Waals surface area (Å²) in [5.41, 5.74) is 1.99. The smallest absolute Gasteiger partial charge is 0.266 e. The molecule has 1 aliphatic rings. The summed E-state index contributed by atoms with van der Waals surface area (Å²) in [4.78, 5) is 26.1. The summed E-state index contributed by atoms with van der Waals surface area (Å²) < 4.78 is 1.46. The average molecular weight is 291 g/mol. The second-order valence-electron chi connectivity index (χ2n) is 4.77. The number of hydrogen-bond acceptors (Lipinski definition) is 5. The van der Waals surface area contributed by atoms with Gasteiger partial charge in [-0.2, -0.15) is 0 Å². The number of amides is 2. The number of hydrogen-bond donors (Lipinski definition) is 0. The van der Waals surface area contributed by atoms with E-state index in [1.54, 1.807) is 48.5 Å². The van der Waals surface area contributed by atoms with Crippen LogP contribution in [0.4, 0.5) is 5.69 Å². The molecule has 0 fully saturated rings. The largest absolute Gasteiger partial charge is 0.268 e. The van der Waals surface area contributed by atoms with E-state index >= 15 is 0 Å². The zero-order valence-corrected chi connectivity index (χ0v) is 11.2. The molecule has 0 spiro atoms. The maximum absolute atomic E-state index is 12.5. The predicted molar refractivity (Wildman–Crippen MR) is 76.7 cm³/mol. The van der Waals surface area contributed by atoms with E-state index in [1.807, 2.05) is 0 Å². The summed E-state index contributed by atoms with van der Waals surface area (Å²) in [6.45, 7) is 0. The van der Waals surface area contributed by atoms with Crippen molar-refractivity contribution in [1.29, 1.82) is 0 Å². The maximum atomic E-state index is 12.5. The Balaban J connectivity index is 1.79. The molecule has 7 nitrogen and oxygen atoms in total. The van der Waals surface area contributed by atoms with Gasteiger partial charge in [-0.15, -0.1) is 5.10 Å². The molecule has 2 amide bonds. The van der Waals surface area contributed by atoms with Gasteiger partial charge in [-0.3, -0.25) is 9.59 Å². The third-order valence-corrected chi connectivity index (χ3v) is 3.50. The molecule has 0 unspecified atom stereocenters. The van der Waals surface area contributed by atoms with E-state index in [4.69, 9.17) is 0 Å². The number of aromatic nitrogens is 4. The van der Waals surface area contributed by atoms with Gasteiger partial charge in [-0.05, 0) is 40.8 Å². The number of benzene rings is 2. The van der Waals surface area contributed by atoms with E-state index in [2.05, 4.69) is 15.5 Å². The lowest BCUT2D eigenvalue weighted by Crippen LogP contribution is -2.29. The molecule has 3 aromatic rings. The van der Waals surface area contributed by atoms with Crippen molar-refractivity contribution in [3.63, 3.8) is 0 Å². The lowest BCUT2D eigenvalue weighted by molar-refractivity contribution is 0.0926. The number of nitrogens with zero attached hydrogens (tertiary/aromatic N) is 5. The molecule has 0 radical (unpaired) electrons. The summed E-state index contributed by atoms with van der Waals surface area (Å²) in [6.07, 6.45) is 1.45. The minimum absolute atomic E-state index is 0.325. The molecule has 0 saturated heterocycles. The van der Waals surface area contributed by atoms with Crippen molar-refractivity contribution in [2.75, 3.05) is 4.90 Å². The van der Waals surface area contributed by atoms with Gasteiger partial charge in [0.2, 0.25) is 0 Å². The number of carbonyl (C=O) groups excluding carboxylic acids is 2. The first-order valence-corrected chi connectivity index (χ1v) is 6.57. The Kier molecular flexibility index (Phi) is 2.59. The number of anilines is 1. The Hall–Kier alpha value is -3.35. The number of fused-ring (bicyclic) bond motifs is 1. The summed E-state index contributed by atoms with van der Waals surface area (Å²) in [7, 11) is 0. The van der Waals surface area contributed by atoms with E-state index in [0.29, 0.717) is 22.5 Å². The third-order valence-electron chi connectivity index (χ3n) is 3.50. The summed E-state index contributed by atoms with van der Waals surface area (Å²) in [5.74, 6) is -0.649. The van der Waals surface area contributed by atoms with E-state index in [9.17, 15) is 9.59 Å². The highest BCUT2D eigenvalue weighted by Gasteiger charge is 2.36. The van der Waals surface area contributed by atoms with Crippen LogP contribution in [0.25, 0.3) is 5.69 Å².